The summed E-state index contributed by atoms with van der Waals surface area (Å²) in [6.07, 6.45) is 0.490. The average molecular weight is 358 g/mol. The van der Waals surface area contributed by atoms with Crippen molar-refractivity contribution in [3.8, 4) is 0 Å². The molecule has 130 valence electrons. The second-order valence-corrected chi connectivity index (χ2v) is 7.59. The Morgan fingerprint density at radius 2 is 1.72 bits per heavy atom. The first-order valence-corrected chi connectivity index (χ1v) is 9.42. The minimum atomic E-state index is -3.91. The highest BCUT2D eigenvalue weighted by Gasteiger charge is 2.46. The van der Waals surface area contributed by atoms with E-state index < -0.39 is 27.8 Å². The Morgan fingerprint density at radius 1 is 1.08 bits per heavy atom. The number of hydrogen-bond acceptors (Lipinski definition) is 4. The first-order chi connectivity index (χ1) is 12.0. The number of carbonyl (C=O) groups excluding carboxylic acids is 2. The molecule has 3 rings (SSSR count). The van der Waals surface area contributed by atoms with Gasteiger partial charge < -0.3 is 5.32 Å². The molecular weight excluding hydrogens is 340 g/mol. The monoisotopic (exact) mass is 358 g/mol. The lowest BCUT2D eigenvalue weighted by Gasteiger charge is -2.33. The van der Waals surface area contributed by atoms with E-state index in [2.05, 4.69) is 5.32 Å². The van der Waals surface area contributed by atoms with Crippen LogP contribution >= 0.6 is 0 Å². The zero-order valence-corrected chi connectivity index (χ0v) is 14.5. The number of amides is 1. The van der Waals surface area contributed by atoms with Gasteiger partial charge in [0.25, 0.3) is 5.91 Å². The summed E-state index contributed by atoms with van der Waals surface area (Å²) >= 11 is 0. The number of ketones is 1. The van der Waals surface area contributed by atoms with E-state index in [9.17, 15) is 18.0 Å². The van der Waals surface area contributed by atoms with Crippen LogP contribution in [0.25, 0.3) is 0 Å². The maximum Gasteiger partial charge on any atom is 0.250 e. The molecule has 2 aromatic rings. The minimum absolute atomic E-state index is 0.0442. The summed E-state index contributed by atoms with van der Waals surface area (Å²) in [7, 11) is -3.91. The summed E-state index contributed by atoms with van der Waals surface area (Å²) in [5.74, 6) is -1.16. The van der Waals surface area contributed by atoms with E-state index in [4.69, 9.17) is 0 Å². The molecule has 1 aliphatic heterocycles. The number of anilines is 1. The predicted molar refractivity (Wildman–Crippen MR) is 93.8 cm³/mol. The molecule has 6 nitrogen and oxygen atoms in total. The number of carbonyl (C=O) groups is 2. The number of fused-ring (bicyclic) bond motifs is 1. The van der Waals surface area contributed by atoms with Crippen LogP contribution in [0.3, 0.4) is 0 Å². The normalized spacial score (nSPS) is 19.2. The van der Waals surface area contributed by atoms with Gasteiger partial charge >= 0.3 is 0 Å². The number of benzene rings is 2. The molecule has 2 aromatic carbocycles. The van der Waals surface area contributed by atoms with Crippen molar-refractivity contribution in [2.24, 2.45) is 0 Å². The van der Waals surface area contributed by atoms with Crippen LogP contribution in [0.2, 0.25) is 0 Å². The molecular formula is C18H18N2O4S. The number of nitrogens with zero attached hydrogens (tertiary/aromatic N) is 1. The van der Waals surface area contributed by atoms with E-state index in [0.29, 0.717) is 12.1 Å². The molecule has 0 aromatic heterocycles. The van der Waals surface area contributed by atoms with E-state index in [1.807, 2.05) is 0 Å². The van der Waals surface area contributed by atoms with Crippen LogP contribution in [0.4, 0.5) is 5.69 Å². The Labute approximate surface area is 146 Å². The Hall–Kier alpha value is -2.51. The third-order valence-electron chi connectivity index (χ3n) is 4.01. The first-order valence-electron chi connectivity index (χ1n) is 7.98. The highest BCUT2D eigenvalue weighted by Crippen LogP contribution is 2.30. The predicted octanol–water partition coefficient (Wildman–Crippen LogP) is 2.29. The molecule has 1 amide bonds. The van der Waals surface area contributed by atoms with Crippen molar-refractivity contribution >= 4 is 27.4 Å². The highest BCUT2D eigenvalue weighted by atomic mass is 32.2. The maximum atomic E-state index is 12.9. The molecule has 0 saturated carbocycles. The molecule has 1 unspecified atom stereocenters. The Balaban J connectivity index is 2.05. The van der Waals surface area contributed by atoms with Crippen LogP contribution in [0.15, 0.2) is 59.5 Å². The first kappa shape index (κ1) is 17.3. The summed E-state index contributed by atoms with van der Waals surface area (Å²) in [5, 5.41) is 2.63. The van der Waals surface area contributed by atoms with Crippen LogP contribution in [0.1, 0.15) is 23.7 Å². The summed E-state index contributed by atoms with van der Waals surface area (Å²) in [6, 6.07) is 13.2. The van der Waals surface area contributed by atoms with E-state index in [-0.39, 0.29) is 17.0 Å². The number of para-hydroxylation sites is 1. The molecule has 25 heavy (non-hydrogen) atoms. The SMILES string of the molecule is CCCN1C(C(=O)Nc2ccccc2)C(=O)c2ccccc2S1(=O)=O. The largest absolute Gasteiger partial charge is 0.324 e. The quantitative estimate of drug-likeness (QED) is 0.850. The van der Waals surface area contributed by atoms with Gasteiger partial charge in [0.05, 0.1) is 4.90 Å². The van der Waals surface area contributed by atoms with Crippen LogP contribution in [-0.4, -0.2) is 37.0 Å². The second kappa shape index (κ2) is 6.78. The highest BCUT2D eigenvalue weighted by molar-refractivity contribution is 7.89. The number of rotatable bonds is 4. The van der Waals surface area contributed by atoms with Crippen LogP contribution in [-0.2, 0) is 14.8 Å². The number of sulfonamides is 1. The van der Waals surface area contributed by atoms with Gasteiger partial charge in [0, 0.05) is 17.8 Å². The molecule has 0 fully saturated rings. The number of nitrogens with one attached hydrogen (secondary N) is 1. The summed E-state index contributed by atoms with van der Waals surface area (Å²) in [4.78, 5) is 25.5. The number of Topliss-reactive ketones (excluding diaryl/α,β-unsaturated/α-hetero) is 1. The second-order valence-electron chi connectivity index (χ2n) is 5.73. The van der Waals surface area contributed by atoms with Gasteiger partial charge in [-0.15, -0.1) is 0 Å². The molecule has 0 radical (unpaired) electrons. The van der Waals surface area contributed by atoms with Gasteiger partial charge in [0.1, 0.15) is 0 Å². The lowest BCUT2D eigenvalue weighted by Crippen LogP contribution is -2.55. The van der Waals surface area contributed by atoms with Gasteiger partial charge in [-0.1, -0.05) is 37.3 Å². The number of hydrogen-bond donors (Lipinski definition) is 1. The van der Waals surface area contributed by atoms with Crippen molar-refractivity contribution in [1.82, 2.24) is 4.31 Å². The van der Waals surface area contributed by atoms with E-state index in [1.54, 1.807) is 49.4 Å². The fourth-order valence-corrected chi connectivity index (χ4v) is 4.73. The summed E-state index contributed by atoms with van der Waals surface area (Å²) < 4.78 is 26.8. The van der Waals surface area contributed by atoms with E-state index >= 15 is 0 Å². The Bertz CT molecular complexity index is 910. The molecule has 1 aliphatic rings. The molecule has 0 saturated heterocycles. The molecule has 1 N–H and O–H groups in total. The van der Waals surface area contributed by atoms with Crippen LogP contribution in [0, 0.1) is 0 Å². The van der Waals surface area contributed by atoms with Gasteiger partial charge in [-0.2, -0.15) is 4.31 Å². The van der Waals surface area contributed by atoms with E-state index in [1.165, 1.54) is 12.1 Å². The van der Waals surface area contributed by atoms with Crippen molar-refractivity contribution in [2.45, 2.75) is 24.3 Å². The molecule has 0 aliphatic carbocycles. The molecule has 7 heteroatoms. The maximum absolute atomic E-state index is 12.9. The smallest absolute Gasteiger partial charge is 0.250 e. The van der Waals surface area contributed by atoms with Gasteiger partial charge in [-0.3, -0.25) is 9.59 Å². The van der Waals surface area contributed by atoms with Crippen molar-refractivity contribution in [1.29, 1.82) is 0 Å². The topological polar surface area (TPSA) is 83.6 Å². The van der Waals surface area contributed by atoms with Gasteiger partial charge in [0.2, 0.25) is 10.0 Å². The third kappa shape index (κ3) is 3.08. The van der Waals surface area contributed by atoms with Crippen molar-refractivity contribution < 1.29 is 18.0 Å². The van der Waals surface area contributed by atoms with Gasteiger partial charge in [0.15, 0.2) is 11.8 Å². The molecule has 0 bridgehead atoms. The van der Waals surface area contributed by atoms with Crippen molar-refractivity contribution in [2.75, 3.05) is 11.9 Å². The van der Waals surface area contributed by atoms with Gasteiger partial charge in [-0.05, 0) is 30.7 Å². The fraction of sp³-hybridized carbons (Fsp3) is 0.222. The fourth-order valence-electron chi connectivity index (χ4n) is 2.89. The summed E-state index contributed by atoms with van der Waals surface area (Å²) in [6.45, 7) is 1.89. The van der Waals surface area contributed by atoms with Crippen LogP contribution < -0.4 is 5.32 Å². The lowest BCUT2D eigenvalue weighted by atomic mass is 10.0. The lowest BCUT2D eigenvalue weighted by molar-refractivity contribution is -0.118. The zero-order valence-electron chi connectivity index (χ0n) is 13.7. The molecule has 1 atom stereocenters. The Kier molecular flexibility index (Phi) is 4.69. The average Bonchev–Trinajstić information content (AvgIpc) is 2.61. The molecule has 0 spiro atoms. The standard InChI is InChI=1S/C18H18N2O4S/c1-2-12-20-16(18(22)19-13-8-4-3-5-9-13)17(21)14-10-6-7-11-15(14)25(20,23)24/h3-11,16H,2,12H2,1H3,(H,19,22). The van der Waals surface area contributed by atoms with Gasteiger partial charge in [-0.25, -0.2) is 8.42 Å². The summed E-state index contributed by atoms with van der Waals surface area (Å²) in [5.41, 5.74) is 0.566. The van der Waals surface area contributed by atoms with Crippen LogP contribution in [0.5, 0.6) is 0 Å². The van der Waals surface area contributed by atoms with Crippen molar-refractivity contribution in [3.63, 3.8) is 0 Å². The molecule has 1 heterocycles. The third-order valence-corrected chi connectivity index (χ3v) is 5.93. The van der Waals surface area contributed by atoms with E-state index in [0.717, 1.165) is 4.31 Å². The minimum Gasteiger partial charge on any atom is -0.324 e. The zero-order chi connectivity index (χ0) is 18.0. The van der Waals surface area contributed by atoms with Crippen molar-refractivity contribution in [3.05, 3.63) is 60.2 Å². The Morgan fingerprint density at radius 3 is 2.40 bits per heavy atom.